The second-order valence-corrected chi connectivity index (χ2v) is 4.05. The average molecular weight is 276 g/mol. The molecule has 1 aliphatic heterocycles. The SMILES string of the molecule is [2H]C([2H])([2H])[15N](C)C(C)[13C](=O)NCC(=O)ON1C(=O)CCC1=O. The van der Waals surface area contributed by atoms with Crippen molar-refractivity contribution in [3.63, 3.8) is 0 Å². The summed E-state index contributed by atoms with van der Waals surface area (Å²) in [6.45, 7) is -1.68. The maximum atomic E-state index is 11.7. The number of hydrogen-bond donors (Lipinski definition) is 1. The van der Waals surface area contributed by atoms with E-state index in [9.17, 15) is 19.2 Å². The number of hydrogen-bond acceptors (Lipinski definition) is 6. The van der Waals surface area contributed by atoms with Crippen molar-refractivity contribution in [1.82, 2.24) is 15.3 Å². The monoisotopic (exact) mass is 276 g/mol. The van der Waals surface area contributed by atoms with Gasteiger partial charge in [-0.1, -0.05) is 0 Å². The number of imide groups is 1. The largest absolute Gasteiger partial charge is 0.352 e. The summed E-state index contributed by atoms with van der Waals surface area (Å²) in [4.78, 5) is 51.1. The molecule has 0 spiro atoms. The van der Waals surface area contributed by atoms with E-state index >= 15 is 0 Å². The van der Waals surface area contributed by atoms with Crippen LogP contribution < -0.4 is 5.32 Å². The third kappa shape index (κ3) is 4.02. The minimum atomic E-state index is -2.45. The third-order valence-corrected chi connectivity index (χ3v) is 2.57. The summed E-state index contributed by atoms with van der Waals surface area (Å²) in [5, 5.41) is 2.55. The fourth-order valence-corrected chi connectivity index (χ4v) is 1.27. The van der Waals surface area contributed by atoms with Crippen molar-refractivity contribution in [2.45, 2.75) is 25.8 Å². The number of carbonyl (C=O) groups excluding carboxylic acids is 4. The zero-order valence-electron chi connectivity index (χ0n) is 13.6. The summed E-state index contributed by atoms with van der Waals surface area (Å²) in [5.74, 6) is -2.95. The Morgan fingerprint density at radius 3 is 2.58 bits per heavy atom. The molecule has 8 nitrogen and oxygen atoms in total. The first-order valence-electron chi connectivity index (χ1n) is 7.11. The molecule has 0 aromatic rings. The van der Waals surface area contributed by atoms with E-state index in [1.54, 1.807) is 0 Å². The van der Waals surface area contributed by atoms with Gasteiger partial charge in [-0.05, 0) is 20.9 Å². The number of likely N-dealkylation sites (N-methyl/N-ethyl adjacent to an activating group) is 1. The van der Waals surface area contributed by atoms with Crippen molar-refractivity contribution in [3.05, 3.63) is 0 Å². The van der Waals surface area contributed by atoms with Gasteiger partial charge in [0.05, 0.1) is 6.04 Å². The Morgan fingerprint density at radius 1 is 1.47 bits per heavy atom. The van der Waals surface area contributed by atoms with Crippen LogP contribution in [0.4, 0.5) is 0 Å². The minimum Gasteiger partial charge on any atom is -0.344 e. The highest BCUT2D eigenvalue weighted by atomic mass is 16.7. The minimum absolute atomic E-state index is 0.0289. The maximum Gasteiger partial charge on any atom is 0.352 e. The summed E-state index contributed by atoms with van der Waals surface area (Å²) >= 11 is 0. The molecule has 0 bridgehead atoms. The van der Waals surface area contributed by atoms with Crippen molar-refractivity contribution in [3.8, 4) is 0 Å². The molecule has 19 heavy (non-hydrogen) atoms. The summed E-state index contributed by atoms with van der Waals surface area (Å²) in [6, 6.07) is -1.00. The normalized spacial score (nSPS) is 19.7. The van der Waals surface area contributed by atoms with Gasteiger partial charge in [0.25, 0.3) is 11.8 Å². The fraction of sp³-hybridized carbons (Fsp3) is 0.636. The van der Waals surface area contributed by atoms with Gasteiger partial charge in [-0.3, -0.25) is 19.3 Å². The summed E-state index contributed by atoms with van der Waals surface area (Å²) in [5.41, 5.74) is 0. The van der Waals surface area contributed by atoms with Crippen LogP contribution in [0, 0.1) is 0 Å². The zero-order chi connectivity index (χ0) is 17.1. The molecule has 1 N–H and O–H groups in total. The molecule has 1 saturated heterocycles. The lowest BCUT2D eigenvalue weighted by molar-refractivity contribution is -0.196. The Kier molecular flexibility index (Phi) is 3.61. The highest BCUT2D eigenvalue weighted by Crippen LogP contribution is 2.11. The van der Waals surface area contributed by atoms with Crippen molar-refractivity contribution < 1.29 is 28.1 Å². The quantitative estimate of drug-likeness (QED) is 0.379. The van der Waals surface area contributed by atoms with Gasteiger partial charge < -0.3 is 10.2 Å². The summed E-state index contributed by atoms with van der Waals surface area (Å²) in [7, 11) is 1.25. The van der Waals surface area contributed by atoms with Gasteiger partial charge in [0.1, 0.15) is 6.54 Å². The van der Waals surface area contributed by atoms with Gasteiger partial charge in [0.2, 0.25) is 5.91 Å². The predicted molar refractivity (Wildman–Crippen MR) is 63.3 cm³/mol. The zero-order valence-corrected chi connectivity index (χ0v) is 10.6. The van der Waals surface area contributed by atoms with E-state index < -0.39 is 43.3 Å². The Hall–Kier alpha value is -1.96. The molecule has 1 unspecified atom stereocenters. The van der Waals surface area contributed by atoms with E-state index in [0.29, 0.717) is 5.06 Å². The van der Waals surface area contributed by atoms with Crippen LogP contribution in [-0.4, -0.2) is 60.3 Å². The molecular weight excluding hydrogens is 256 g/mol. The lowest BCUT2D eigenvalue weighted by Crippen LogP contribution is -2.44. The Bertz CT molecular complexity index is 478. The van der Waals surface area contributed by atoms with Crippen molar-refractivity contribution in [2.24, 2.45) is 0 Å². The molecule has 3 amide bonds. The molecule has 0 aliphatic carbocycles. The van der Waals surface area contributed by atoms with Crippen LogP contribution in [0.1, 0.15) is 23.9 Å². The van der Waals surface area contributed by atoms with Gasteiger partial charge in [-0.25, -0.2) is 4.79 Å². The number of hydroxylamine groups is 2. The second kappa shape index (κ2) is 6.28. The van der Waals surface area contributed by atoms with E-state index in [0.717, 1.165) is 4.90 Å². The number of carbonyl (C=O) groups is 4. The van der Waals surface area contributed by atoms with Crippen LogP contribution in [-0.2, 0) is 24.0 Å². The first kappa shape index (κ1) is 10.9. The van der Waals surface area contributed by atoms with Gasteiger partial charge in [0.15, 0.2) is 0 Å². The fourth-order valence-electron chi connectivity index (χ4n) is 1.27. The van der Waals surface area contributed by atoms with Crippen LogP contribution in [0.5, 0.6) is 0 Å². The van der Waals surface area contributed by atoms with Crippen LogP contribution in [0.15, 0.2) is 0 Å². The molecule has 1 aliphatic rings. The average Bonchev–Trinajstić information content (AvgIpc) is 2.73. The molecule has 1 atom stereocenters. The number of nitrogens with zero attached hydrogens (tertiary/aromatic N) is 2. The van der Waals surface area contributed by atoms with Crippen LogP contribution >= 0.6 is 0 Å². The summed E-state index contributed by atoms with van der Waals surface area (Å²) in [6.07, 6.45) is -0.0578. The van der Waals surface area contributed by atoms with E-state index in [-0.39, 0.29) is 12.8 Å². The summed E-state index contributed by atoms with van der Waals surface area (Å²) < 4.78 is 21.5. The third-order valence-electron chi connectivity index (χ3n) is 2.57. The van der Waals surface area contributed by atoms with Gasteiger partial charge in [-0.15, -0.1) is 5.06 Å². The first-order valence-corrected chi connectivity index (χ1v) is 5.61. The molecule has 0 radical (unpaired) electrons. The second-order valence-electron chi connectivity index (χ2n) is 4.05. The van der Waals surface area contributed by atoms with Gasteiger partial charge >= 0.3 is 5.97 Å². The number of nitrogens with one attached hydrogen (secondary N) is 1. The standard InChI is InChI=1S/C11H17N3O5/c1-7(13(2)3)11(18)12-6-10(17)19-14-8(15)4-5-9(14)16/h7H,4-6H2,1-3H3,(H,12,18)/i2D3,11+1,13+1. The topological polar surface area (TPSA) is 96.0 Å². The van der Waals surface area contributed by atoms with E-state index in [1.165, 1.54) is 14.0 Å². The molecule has 1 heterocycles. The Labute approximate surface area is 114 Å². The highest BCUT2D eigenvalue weighted by molar-refractivity contribution is 6.01. The lowest BCUT2D eigenvalue weighted by atomic mass is 10.4. The van der Waals surface area contributed by atoms with E-state index in [2.05, 4.69) is 10.2 Å². The molecule has 1 fully saturated rings. The van der Waals surface area contributed by atoms with Gasteiger partial charge in [-0.2, -0.15) is 0 Å². The lowest BCUT2D eigenvalue weighted by Gasteiger charge is -2.19. The van der Waals surface area contributed by atoms with Crippen LogP contribution in [0.3, 0.4) is 0 Å². The van der Waals surface area contributed by atoms with Crippen molar-refractivity contribution in [2.75, 3.05) is 20.6 Å². The highest BCUT2D eigenvalue weighted by Gasteiger charge is 2.32. The predicted octanol–water partition coefficient (Wildman–Crippen LogP) is -1.34. The molecular formula is C11H17N3O5. The molecule has 0 aromatic carbocycles. The molecule has 0 saturated carbocycles. The van der Waals surface area contributed by atoms with Crippen molar-refractivity contribution >= 4 is 23.7 Å². The molecule has 1 rings (SSSR count). The number of amides is 3. The number of rotatable bonds is 5. The van der Waals surface area contributed by atoms with E-state index in [4.69, 9.17) is 4.11 Å². The smallest absolute Gasteiger partial charge is 0.344 e. The van der Waals surface area contributed by atoms with Crippen LogP contribution in [0.2, 0.25) is 0 Å². The van der Waals surface area contributed by atoms with Crippen LogP contribution in [0.25, 0.3) is 0 Å². The first-order chi connectivity index (χ1) is 10.0. The molecule has 106 valence electrons. The molecule has 0 aromatic heterocycles. The molecule has 8 heteroatoms. The Balaban J connectivity index is 2.45. The van der Waals surface area contributed by atoms with E-state index in [1.807, 2.05) is 0 Å². The Morgan fingerprint density at radius 2 is 2.05 bits per heavy atom. The van der Waals surface area contributed by atoms with Gasteiger partial charge in [0, 0.05) is 17.0 Å². The van der Waals surface area contributed by atoms with Crippen molar-refractivity contribution in [1.29, 1.82) is 0 Å². The maximum absolute atomic E-state index is 11.7.